The number of halogens is 2. The first-order valence-electron chi connectivity index (χ1n) is 15.0. The summed E-state index contributed by atoms with van der Waals surface area (Å²) in [5, 5.41) is 32.4. The largest absolute Gasteiger partial charge is 0.476 e. The van der Waals surface area contributed by atoms with Crippen LogP contribution in [0.2, 0.25) is 5.02 Å². The van der Waals surface area contributed by atoms with E-state index in [-0.39, 0.29) is 47.9 Å². The lowest BCUT2D eigenvalue weighted by Crippen LogP contribution is -2.38. The van der Waals surface area contributed by atoms with E-state index >= 15 is 0 Å². The fourth-order valence-electron chi connectivity index (χ4n) is 4.90. The standard InChI is InChI=1S/C32H35ClFN11O3/c1-2-18-16-19(5-6-20(18)31(47)41-12-9-23(37)28(46)22(36)4-3-11-42-32(38)39)44-29-30-43-17-24(45(30)14-13-40-29)21-7-8-25(48-15-10-35)27(34)26(21)33/h5-8,13-14,16-17,22,37H,2-4,9,11-12,15,36H2,1H3,(H,40,44)(H,41,47)(H4,38,39,42). The molecule has 1 atom stereocenters. The minimum atomic E-state index is -0.842. The molecule has 1 amide bonds. The van der Waals surface area contributed by atoms with Crippen LogP contribution in [0.5, 0.6) is 5.75 Å². The van der Waals surface area contributed by atoms with Crippen molar-refractivity contribution in [2.45, 2.75) is 38.6 Å². The molecular formula is C32H35ClFN11O3. The van der Waals surface area contributed by atoms with Gasteiger partial charge in [-0.25, -0.2) is 14.4 Å². The number of benzene rings is 2. The number of amides is 1. The number of hydrogen-bond donors (Lipinski definition) is 7. The van der Waals surface area contributed by atoms with Crippen molar-refractivity contribution < 1.29 is 18.7 Å². The summed E-state index contributed by atoms with van der Waals surface area (Å²) in [5.41, 5.74) is 14.1. The maximum absolute atomic E-state index is 14.9. The van der Waals surface area contributed by atoms with E-state index in [2.05, 4.69) is 25.9 Å². The number of fused-ring (bicyclic) bond motifs is 1. The Morgan fingerprint density at radius 3 is 2.71 bits per heavy atom. The fraction of sp³-hybridized carbons (Fsp3) is 0.281. The second-order valence-corrected chi connectivity index (χ2v) is 11.0. The predicted octanol–water partition coefficient (Wildman–Crippen LogP) is 3.70. The van der Waals surface area contributed by atoms with E-state index in [1.165, 1.54) is 6.07 Å². The van der Waals surface area contributed by atoms with Gasteiger partial charge in [0.05, 0.1) is 28.7 Å². The van der Waals surface area contributed by atoms with Crippen LogP contribution in [0.15, 0.2) is 48.9 Å². The van der Waals surface area contributed by atoms with Crippen molar-refractivity contribution in [2.24, 2.45) is 11.5 Å². The van der Waals surface area contributed by atoms with Gasteiger partial charge in [0, 0.05) is 48.7 Å². The number of guanidine groups is 1. The zero-order valence-corrected chi connectivity index (χ0v) is 26.8. The van der Waals surface area contributed by atoms with Crippen LogP contribution in [-0.2, 0) is 11.2 Å². The van der Waals surface area contributed by atoms with Gasteiger partial charge >= 0.3 is 0 Å². The molecule has 0 saturated carbocycles. The SMILES string of the molecule is CCc1cc(Nc2nccn3c(-c4ccc(OCC#N)c(F)c4Cl)cnc23)ccc1C(=O)NCCC(=N)C(=O)C(N)CCCNC(=N)N. The van der Waals surface area contributed by atoms with Crippen molar-refractivity contribution in [3.8, 4) is 23.1 Å². The van der Waals surface area contributed by atoms with Crippen LogP contribution in [0.3, 0.4) is 0 Å². The summed E-state index contributed by atoms with van der Waals surface area (Å²) in [6, 6.07) is 9.15. The molecule has 2 heterocycles. The summed E-state index contributed by atoms with van der Waals surface area (Å²) in [6.45, 7) is 2.08. The van der Waals surface area contributed by atoms with Crippen molar-refractivity contribution in [3.05, 3.63) is 70.9 Å². The zero-order chi connectivity index (χ0) is 34.8. The lowest BCUT2D eigenvalue weighted by atomic mass is 10.0. The number of anilines is 2. The average molecular weight is 676 g/mol. The van der Waals surface area contributed by atoms with Gasteiger partial charge in [0.1, 0.15) is 6.07 Å². The van der Waals surface area contributed by atoms with Crippen molar-refractivity contribution >= 4 is 52.1 Å². The Hall–Kier alpha value is -5.59. The number of ether oxygens (including phenoxy) is 1. The second-order valence-electron chi connectivity index (χ2n) is 10.6. The van der Waals surface area contributed by atoms with Crippen molar-refractivity contribution in [2.75, 3.05) is 25.0 Å². The Morgan fingerprint density at radius 1 is 1.19 bits per heavy atom. The lowest BCUT2D eigenvalue weighted by Gasteiger charge is -2.14. The number of nitrogens with one attached hydrogen (secondary N) is 5. The summed E-state index contributed by atoms with van der Waals surface area (Å²) in [5.74, 6) is -1.50. The molecule has 2 aromatic heterocycles. The summed E-state index contributed by atoms with van der Waals surface area (Å²) in [6.07, 6.45) is 6.19. The van der Waals surface area contributed by atoms with Crippen molar-refractivity contribution in [3.63, 3.8) is 0 Å². The van der Waals surface area contributed by atoms with E-state index in [4.69, 9.17) is 43.9 Å². The molecule has 9 N–H and O–H groups in total. The molecule has 0 aliphatic rings. The summed E-state index contributed by atoms with van der Waals surface area (Å²) < 4.78 is 21.6. The third-order valence-electron chi connectivity index (χ3n) is 7.34. The van der Waals surface area contributed by atoms with Crippen LogP contribution < -0.4 is 32.2 Å². The van der Waals surface area contributed by atoms with E-state index in [0.717, 1.165) is 5.56 Å². The quantitative estimate of drug-likeness (QED) is 0.0517. The molecule has 0 radical (unpaired) electrons. The maximum atomic E-state index is 14.9. The molecule has 4 aromatic rings. The highest BCUT2D eigenvalue weighted by Crippen LogP contribution is 2.36. The molecule has 0 saturated heterocycles. The molecule has 4 rings (SSSR count). The second kappa shape index (κ2) is 16.3. The van der Waals surface area contributed by atoms with Crippen molar-refractivity contribution in [1.82, 2.24) is 25.0 Å². The van der Waals surface area contributed by atoms with E-state index in [0.29, 0.717) is 59.8 Å². The first-order chi connectivity index (χ1) is 23.0. The van der Waals surface area contributed by atoms with Gasteiger partial charge in [-0.15, -0.1) is 0 Å². The molecule has 0 bridgehead atoms. The Morgan fingerprint density at radius 2 is 1.98 bits per heavy atom. The summed E-state index contributed by atoms with van der Waals surface area (Å²) in [4.78, 5) is 34.3. The first-order valence-corrected chi connectivity index (χ1v) is 15.4. The van der Waals surface area contributed by atoms with Gasteiger partial charge in [0.15, 0.2) is 41.4 Å². The van der Waals surface area contributed by atoms with E-state index in [1.54, 1.807) is 47.3 Å². The van der Waals surface area contributed by atoms with Crippen LogP contribution in [0.4, 0.5) is 15.9 Å². The van der Waals surface area contributed by atoms with Gasteiger partial charge in [-0.3, -0.25) is 19.4 Å². The number of Topliss-reactive ketones (excluding diaryl/α,β-unsaturated/α-hetero) is 1. The molecule has 250 valence electrons. The molecular weight excluding hydrogens is 641 g/mol. The van der Waals surface area contributed by atoms with E-state index < -0.39 is 17.6 Å². The van der Waals surface area contributed by atoms with Crippen LogP contribution in [0, 0.1) is 28.0 Å². The molecule has 0 aliphatic carbocycles. The van der Waals surface area contributed by atoms with Crippen LogP contribution in [-0.4, -0.2) is 63.5 Å². The lowest BCUT2D eigenvalue weighted by molar-refractivity contribution is -0.114. The number of hydrogen-bond acceptors (Lipinski definition) is 10. The average Bonchev–Trinajstić information content (AvgIpc) is 3.51. The number of carbonyl (C=O) groups excluding carboxylic acids is 2. The Kier molecular flexibility index (Phi) is 12.0. The first kappa shape index (κ1) is 35.3. The third kappa shape index (κ3) is 8.41. The number of nitrogens with two attached hydrogens (primary N) is 2. The molecule has 2 aromatic carbocycles. The Balaban J connectivity index is 1.41. The number of imidazole rings is 1. The van der Waals surface area contributed by atoms with Crippen LogP contribution in [0.25, 0.3) is 16.9 Å². The molecule has 14 nitrogen and oxygen atoms in total. The number of aryl methyl sites for hydroxylation is 1. The van der Waals surface area contributed by atoms with E-state index in [9.17, 15) is 14.0 Å². The minimum absolute atomic E-state index is 0.0318. The number of nitrogens with zero attached hydrogens (tertiary/aromatic N) is 4. The zero-order valence-electron chi connectivity index (χ0n) is 26.1. The predicted molar refractivity (Wildman–Crippen MR) is 180 cm³/mol. The molecule has 16 heteroatoms. The monoisotopic (exact) mass is 675 g/mol. The van der Waals surface area contributed by atoms with Crippen LogP contribution >= 0.6 is 11.6 Å². The maximum Gasteiger partial charge on any atom is 0.251 e. The molecule has 1 unspecified atom stereocenters. The van der Waals surface area contributed by atoms with Crippen LogP contribution in [0.1, 0.15) is 42.1 Å². The highest BCUT2D eigenvalue weighted by atomic mass is 35.5. The number of rotatable bonds is 16. The van der Waals surface area contributed by atoms with Gasteiger partial charge < -0.3 is 37.6 Å². The molecule has 0 fully saturated rings. The topological polar surface area (TPSA) is 233 Å². The normalized spacial score (nSPS) is 11.4. The smallest absolute Gasteiger partial charge is 0.251 e. The Bertz CT molecular complexity index is 1890. The number of ketones is 1. The molecule has 0 spiro atoms. The summed E-state index contributed by atoms with van der Waals surface area (Å²) >= 11 is 6.33. The minimum Gasteiger partial charge on any atom is -0.476 e. The number of carbonyl (C=O) groups is 2. The molecule has 0 aliphatic heterocycles. The number of nitriles is 1. The van der Waals surface area contributed by atoms with Crippen molar-refractivity contribution in [1.29, 1.82) is 16.1 Å². The van der Waals surface area contributed by atoms with Gasteiger partial charge in [-0.05, 0) is 55.2 Å². The molecule has 48 heavy (non-hydrogen) atoms. The van der Waals surface area contributed by atoms with Gasteiger partial charge in [-0.1, -0.05) is 18.5 Å². The fourth-order valence-corrected chi connectivity index (χ4v) is 5.15. The van der Waals surface area contributed by atoms with Gasteiger partial charge in [0.2, 0.25) is 0 Å². The van der Waals surface area contributed by atoms with Gasteiger partial charge in [-0.2, -0.15) is 5.26 Å². The number of aromatic nitrogens is 3. The van der Waals surface area contributed by atoms with E-state index in [1.807, 2.05) is 13.0 Å². The van der Waals surface area contributed by atoms with Gasteiger partial charge in [0.25, 0.3) is 5.91 Å². The highest BCUT2D eigenvalue weighted by Gasteiger charge is 2.20. The Labute approximate surface area is 280 Å². The highest BCUT2D eigenvalue weighted by molar-refractivity contribution is 6.40. The summed E-state index contributed by atoms with van der Waals surface area (Å²) in [7, 11) is 0. The third-order valence-corrected chi connectivity index (χ3v) is 7.71.